The first kappa shape index (κ1) is 15.7. The van der Waals surface area contributed by atoms with Gasteiger partial charge in [-0.15, -0.1) is 0 Å². The lowest BCUT2D eigenvalue weighted by molar-refractivity contribution is 0.0197. The van der Waals surface area contributed by atoms with Crippen LogP contribution in [0.3, 0.4) is 0 Å². The van der Waals surface area contributed by atoms with E-state index in [0.29, 0.717) is 17.5 Å². The summed E-state index contributed by atoms with van der Waals surface area (Å²) in [5, 5.41) is 0. The van der Waals surface area contributed by atoms with E-state index >= 15 is 0 Å². The van der Waals surface area contributed by atoms with E-state index in [0.717, 1.165) is 26.2 Å². The molecule has 0 atom stereocenters. The topological polar surface area (TPSA) is 49.6 Å². The van der Waals surface area contributed by atoms with Crippen molar-refractivity contribution < 1.29 is 9.21 Å². The maximum absolute atomic E-state index is 12.3. The molecule has 0 spiro atoms. The van der Waals surface area contributed by atoms with Crippen LogP contribution in [0.1, 0.15) is 29.8 Å². The van der Waals surface area contributed by atoms with E-state index in [1.807, 2.05) is 17.3 Å². The smallest absolute Gasteiger partial charge is 0.257 e. The molecule has 0 aromatic carbocycles. The maximum atomic E-state index is 12.3. The zero-order valence-corrected chi connectivity index (χ0v) is 13.7. The van der Waals surface area contributed by atoms with Crippen LogP contribution >= 0.6 is 0 Å². The summed E-state index contributed by atoms with van der Waals surface area (Å²) in [6, 6.07) is 6.25. The lowest BCUT2D eigenvalue weighted by Crippen LogP contribution is -2.61. The Hall–Kier alpha value is -2.14. The van der Waals surface area contributed by atoms with Crippen LogP contribution in [0, 0.1) is 5.92 Å². The Labute approximate surface area is 136 Å². The molecule has 1 aliphatic rings. The number of pyridine rings is 1. The van der Waals surface area contributed by atoms with Crippen molar-refractivity contribution >= 4 is 5.91 Å². The normalized spacial score (nSPS) is 15.2. The zero-order valence-electron chi connectivity index (χ0n) is 13.7. The maximum Gasteiger partial charge on any atom is 0.257 e. The molecule has 3 heterocycles. The molecule has 0 aliphatic carbocycles. The van der Waals surface area contributed by atoms with Crippen LogP contribution < -0.4 is 0 Å². The fraction of sp³-hybridized carbons (Fsp3) is 0.444. The summed E-state index contributed by atoms with van der Waals surface area (Å²) in [6.45, 7) is 7.95. The lowest BCUT2D eigenvalue weighted by atomic mass is 10.0. The van der Waals surface area contributed by atoms with Gasteiger partial charge in [0.25, 0.3) is 5.91 Å². The van der Waals surface area contributed by atoms with Crippen molar-refractivity contribution in [3.8, 4) is 0 Å². The van der Waals surface area contributed by atoms with Gasteiger partial charge in [0.05, 0.1) is 11.8 Å². The molecular weight excluding hydrogens is 290 g/mol. The summed E-state index contributed by atoms with van der Waals surface area (Å²) in [4.78, 5) is 20.7. The fourth-order valence-corrected chi connectivity index (χ4v) is 2.96. The second kappa shape index (κ2) is 6.96. The van der Waals surface area contributed by atoms with Crippen LogP contribution in [-0.4, -0.2) is 46.4 Å². The van der Waals surface area contributed by atoms with Gasteiger partial charge in [-0.3, -0.25) is 14.7 Å². The molecule has 0 unspecified atom stereocenters. The monoisotopic (exact) mass is 313 g/mol. The number of hydrogen-bond acceptors (Lipinski definition) is 4. The van der Waals surface area contributed by atoms with Crippen molar-refractivity contribution in [3.05, 3.63) is 54.2 Å². The third-order valence-corrected chi connectivity index (χ3v) is 4.17. The molecule has 1 saturated heterocycles. The van der Waals surface area contributed by atoms with Gasteiger partial charge in [0, 0.05) is 44.6 Å². The molecule has 1 fully saturated rings. The van der Waals surface area contributed by atoms with Gasteiger partial charge in [0.1, 0.15) is 6.26 Å². The van der Waals surface area contributed by atoms with E-state index in [4.69, 9.17) is 4.42 Å². The van der Waals surface area contributed by atoms with E-state index in [1.54, 1.807) is 12.3 Å². The summed E-state index contributed by atoms with van der Waals surface area (Å²) in [5.74, 6) is 0.652. The number of nitrogens with zero attached hydrogens (tertiary/aromatic N) is 3. The Kier molecular flexibility index (Phi) is 4.76. The SMILES string of the molecule is CC(C)CN(Cc1ccncc1)C1CN(C(=O)c2ccoc2)C1. The zero-order chi connectivity index (χ0) is 16.2. The molecule has 0 N–H and O–H groups in total. The first-order valence-corrected chi connectivity index (χ1v) is 8.08. The van der Waals surface area contributed by atoms with Crippen LogP contribution in [-0.2, 0) is 6.54 Å². The van der Waals surface area contributed by atoms with E-state index in [1.165, 1.54) is 11.8 Å². The van der Waals surface area contributed by atoms with Gasteiger partial charge in [0.2, 0.25) is 0 Å². The first-order valence-electron chi connectivity index (χ1n) is 8.08. The van der Waals surface area contributed by atoms with Crippen molar-refractivity contribution in [2.24, 2.45) is 5.92 Å². The van der Waals surface area contributed by atoms with Gasteiger partial charge in [-0.25, -0.2) is 0 Å². The van der Waals surface area contributed by atoms with E-state index < -0.39 is 0 Å². The minimum atomic E-state index is 0.0587. The molecule has 5 heteroatoms. The van der Waals surface area contributed by atoms with Crippen LogP contribution in [0.15, 0.2) is 47.5 Å². The standard InChI is InChI=1S/C18H23N3O2/c1-14(2)9-20(10-15-3-6-19-7-4-15)17-11-21(12-17)18(22)16-5-8-23-13-16/h3-8,13-14,17H,9-12H2,1-2H3. The molecular formula is C18H23N3O2. The highest BCUT2D eigenvalue weighted by Crippen LogP contribution is 2.21. The Morgan fingerprint density at radius 3 is 2.70 bits per heavy atom. The van der Waals surface area contributed by atoms with Crippen molar-refractivity contribution in [3.63, 3.8) is 0 Å². The highest BCUT2D eigenvalue weighted by molar-refractivity contribution is 5.94. The molecule has 0 saturated carbocycles. The van der Waals surface area contributed by atoms with Gasteiger partial charge in [0.15, 0.2) is 0 Å². The minimum Gasteiger partial charge on any atom is -0.472 e. The van der Waals surface area contributed by atoms with E-state index in [-0.39, 0.29) is 5.91 Å². The van der Waals surface area contributed by atoms with Gasteiger partial charge in [-0.1, -0.05) is 13.8 Å². The number of carbonyl (C=O) groups is 1. The molecule has 1 aliphatic heterocycles. The number of furan rings is 1. The molecule has 122 valence electrons. The van der Waals surface area contributed by atoms with Crippen molar-refractivity contribution in [1.82, 2.24) is 14.8 Å². The van der Waals surface area contributed by atoms with Crippen molar-refractivity contribution in [1.29, 1.82) is 0 Å². The third kappa shape index (κ3) is 3.79. The van der Waals surface area contributed by atoms with Crippen molar-refractivity contribution in [2.45, 2.75) is 26.4 Å². The molecule has 0 bridgehead atoms. The van der Waals surface area contributed by atoms with Crippen LogP contribution in [0.2, 0.25) is 0 Å². The second-order valence-corrected chi connectivity index (χ2v) is 6.55. The predicted octanol–water partition coefficient (Wildman–Crippen LogP) is 2.66. The minimum absolute atomic E-state index is 0.0587. The van der Waals surface area contributed by atoms with Crippen molar-refractivity contribution in [2.75, 3.05) is 19.6 Å². The highest BCUT2D eigenvalue weighted by Gasteiger charge is 2.35. The van der Waals surface area contributed by atoms with Gasteiger partial charge in [-0.05, 0) is 29.7 Å². The number of carbonyl (C=O) groups excluding carboxylic acids is 1. The van der Waals surface area contributed by atoms with Gasteiger partial charge < -0.3 is 9.32 Å². The second-order valence-electron chi connectivity index (χ2n) is 6.55. The average molecular weight is 313 g/mol. The number of amides is 1. The average Bonchev–Trinajstić information content (AvgIpc) is 3.00. The molecule has 2 aromatic heterocycles. The summed E-state index contributed by atoms with van der Waals surface area (Å²) < 4.78 is 5.00. The molecule has 0 radical (unpaired) electrons. The first-order chi connectivity index (χ1) is 11.1. The van der Waals surface area contributed by atoms with Crippen LogP contribution in [0.5, 0.6) is 0 Å². The quantitative estimate of drug-likeness (QED) is 0.822. The lowest BCUT2D eigenvalue weighted by Gasteiger charge is -2.46. The molecule has 1 amide bonds. The molecule has 23 heavy (non-hydrogen) atoms. The summed E-state index contributed by atoms with van der Waals surface area (Å²) >= 11 is 0. The highest BCUT2D eigenvalue weighted by atomic mass is 16.3. The predicted molar refractivity (Wildman–Crippen MR) is 87.9 cm³/mol. The number of rotatable bonds is 6. The number of aromatic nitrogens is 1. The van der Waals surface area contributed by atoms with E-state index in [9.17, 15) is 4.79 Å². The van der Waals surface area contributed by atoms with Crippen LogP contribution in [0.25, 0.3) is 0 Å². The summed E-state index contributed by atoms with van der Waals surface area (Å²) in [7, 11) is 0. The molecule has 5 nitrogen and oxygen atoms in total. The van der Waals surface area contributed by atoms with Crippen LogP contribution in [0.4, 0.5) is 0 Å². The fourth-order valence-electron chi connectivity index (χ4n) is 2.96. The summed E-state index contributed by atoms with van der Waals surface area (Å²) in [6.07, 6.45) is 6.72. The Bertz CT molecular complexity index is 619. The number of likely N-dealkylation sites (tertiary alicyclic amines) is 1. The summed E-state index contributed by atoms with van der Waals surface area (Å²) in [5.41, 5.74) is 1.90. The van der Waals surface area contributed by atoms with E-state index in [2.05, 4.69) is 35.9 Å². The third-order valence-electron chi connectivity index (χ3n) is 4.17. The Balaban J connectivity index is 1.60. The molecule has 3 rings (SSSR count). The Morgan fingerprint density at radius 2 is 2.09 bits per heavy atom. The molecule has 2 aromatic rings. The Morgan fingerprint density at radius 1 is 1.35 bits per heavy atom. The van der Waals surface area contributed by atoms with Gasteiger partial charge >= 0.3 is 0 Å². The largest absolute Gasteiger partial charge is 0.472 e. The number of hydrogen-bond donors (Lipinski definition) is 0. The van der Waals surface area contributed by atoms with Gasteiger partial charge in [-0.2, -0.15) is 0 Å².